The van der Waals surface area contributed by atoms with Gasteiger partial charge < -0.3 is 0 Å². The Balaban J connectivity index is 1.86. The molecule has 0 amide bonds. The molecular formula is C22H25N3O4S2. The van der Waals surface area contributed by atoms with E-state index in [0.717, 1.165) is 19.3 Å². The molecule has 1 heterocycles. The maximum Gasteiger partial charge on any atom is 0.243 e. The summed E-state index contributed by atoms with van der Waals surface area (Å²) in [5.41, 5.74) is 1.12. The van der Waals surface area contributed by atoms with Crippen LogP contribution < -0.4 is 0 Å². The summed E-state index contributed by atoms with van der Waals surface area (Å²) in [6, 6.07) is 14.1. The first-order valence-electron chi connectivity index (χ1n) is 9.99. The summed E-state index contributed by atoms with van der Waals surface area (Å²) in [5, 5.41) is 9.07. The number of hydrogen-bond acceptors (Lipinski definition) is 5. The lowest BCUT2D eigenvalue weighted by molar-refractivity contribution is 0.346. The number of piperidine rings is 1. The van der Waals surface area contributed by atoms with E-state index in [1.54, 1.807) is 24.3 Å². The van der Waals surface area contributed by atoms with Gasteiger partial charge in [-0.05, 0) is 54.8 Å². The average Bonchev–Trinajstić information content (AvgIpc) is 2.79. The molecule has 31 heavy (non-hydrogen) atoms. The predicted octanol–water partition coefficient (Wildman–Crippen LogP) is 3.11. The van der Waals surface area contributed by atoms with Crippen molar-refractivity contribution < 1.29 is 16.8 Å². The Bertz CT molecular complexity index is 1180. The van der Waals surface area contributed by atoms with Gasteiger partial charge in [0.25, 0.3) is 0 Å². The Labute approximate surface area is 184 Å². The van der Waals surface area contributed by atoms with Crippen molar-refractivity contribution in [3.8, 4) is 6.07 Å². The monoisotopic (exact) mass is 459 g/mol. The van der Waals surface area contributed by atoms with E-state index in [1.165, 1.54) is 39.0 Å². The molecule has 1 saturated heterocycles. The summed E-state index contributed by atoms with van der Waals surface area (Å²) < 4.78 is 54.7. The van der Waals surface area contributed by atoms with Crippen molar-refractivity contribution in [3.05, 3.63) is 72.3 Å². The van der Waals surface area contributed by atoms with Gasteiger partial charge in [-0.1, -0.05) is 24.6 Å². The van der Waals surface area contributed by atoms with Crippen LogP contribution in [-0.2, 0) is 26.6 Å². The number of rotatable bonds is 8. The van der Waals surface area contributed by atoms with Crippen LogP contribution in [0.3, 0.4) is 0 Å². The molecule has 164 valence electrons. The molecule has 2 aromatic carbocycles. The van der Waals surface area contributed by atoms with Crippen molar-refractivity contribution in [1.82, 2.24) is 8.61 Å². The van der Waals surface area contributed by atoms with Crippen LogP contribution in [0.5, 0.6) is 0 Å². The van der Waals surface area contributed by atoms with E-state index in [4.69, 9.17) is 5.26 Å². The molecule has 7 nitrogen and oxygen atoms in total. The molecule has 1 aliphatic rings. The van der Waals surface area contributed by atoms with Crippen LogP contribution in [0.25, 0.3) is 0 Å². The largest absolute Gasteiger partial charge is 0.243 e. The molecule has 0 unspecified atom stereocenters. The molecule has 1 fully saturated rings. The van der Waals surface area contributed by atoms with E-state index in [2.05, 4.69) is 6.58 Å². The van der Waals surface area contributed by atoms with Crippen LogP contribution in [0.15, 0.2) is 71.0 Å². The first-order valence-corrected chi connectivity index (χ1v) is 12.9. The zero-order chi connectivity index (χ0) is 22.5. The standard InChI is InChI=1S/C22H25N3O4S2/c1-2-13-25(18-20-8-6-7-19(16-20)17-23)31(28,29)22-11-9-21(10-12-22)30(26,27)24-14-4-3-5-15-24/h2,6-12,16H,1,3-5,13-15,18H2. The van der Waals surface area contributed by atoms with E-state index < -0.39 is 20.0 Å². The van der Waals surface area contributed by atoms with Gasteiger partial charge in [-0.25, -0.2) is 16.8 Å². The number of benzene rings is 2. The second-order valence-electron chi connectivity index (χ2n) is 7.33. The zero-order valence-electron chi connectivity index (χ0n) is 17.1. The molecule has 0 saturated carbocycles. The second kappa shape index (κ2) is 9.75. The molecule has 0 spiro atoms. The maximum atomic E-state index is 13.2. The topological polar surface area (TPSA) is 98.5 Å². The molecule has 0 aromatic heterocycles. The smallest absolute Gasteiger partial charge is 0.207 e. The van der Waals surface area contributed by atoms with E-state index in [9.17, 15) is 16.8 Å². The third-order valence-corrected chi connectivity index (χ3v) is 8.90. The molecular weight excluding hydrogens is 434 g/mol. The van der Waals surface area contributed by atoms with Crippen LogP contribution in [0.2, 0.25) is 0 Å². The summed E-state index contributed by atoms with van der Waals surface area (Å²) in [6.45, 7) is 4.75. The van der Waals surface area contributed by atoms with E-state index >= 15 is 0 Å². The molecule has 0 aliphatic carbocycles. The fraction of sp³-hybridized carbons (Fsp3) is 0.318. The van der Waals surface area contributed by atoms with Crippen LogP contribution in [-0.4, -0.2) is 45.1 Å². The van der Waals surface area contributed by atoms with Crippen molar-refractivity contribution in [2.45, 2.75) is 35.6 Å². The van der Waals surface area contributed by atoms with Crippen LogP contribution in [0.4, 0.5) is 0 Å². The van der Waals surface area contributed by atoms with E-state index in [1.807, 2.05) is 6.07 Å². The highest BCUT2D eigenvalue weighted by atomic mass is 32.2. The maximum absolute atomic E-state index is 13.2. The molecule has 3 rings (SSSR count). The van der Waals surface area contributed by atoms with Gasteiger partial charge in [0.1, 0.15) is 0 Å². The average molecular weight is 460 g/mol. The molecule has 1 aliphatic heterocycles. The highest BCUT2D eigenvalue weighted by Crippen LogP contribution is 2.24. The highest BCUT2D eigenvalue weighted by Gasteiger charge is 2.28. The van der Waals surface area contributed by atoms with Crippen LogP contribution in [0, 0.1) is 11.3 Å². The van der Waals surface area contributed by atoms with E-state index in [0.29, 0.717) is 24.2 Å². The van der Waals surface area contributed by atoms with Crippen molar-refractivity contribution in [3.63, 3.8) is 0 Å². The summed E-state index contributed by atoms with van der Waals surface area (Å²) in [5.74, 6) is 0. The van der Waals surface area contributed by atoms with Crippen LogP contribution in [0.1, 0.15) is 30.4 Å². The first-order chi connectivity index (χ1) is 14.8. The van der Waals surface area contributed by atoms with Gasteiger partial charge in [0.05, 0.1) is 21.4 Å². The predicted molar refractivity (Wildman–Crippen MR) is 118 cm³/mol. The zero-order valence-corrected chi connectivity index (χ0v) is 18.8. The number of nitriles is 1. The minimum Gasteiger partial charge on any atom is -0.207 e. The van der Waals surface area contributed by atoms with Crippen molar-refractivity contribution in [1.29, 1.82) is 5.26 Å². The Hall–Kier alpha value is -2.51. The van der Waals surface area contributed by atoms with Gasteiger partial charge >= 0.3 is 0 Å². The van der Waals surface area contributed by atoms with Crippen LogP contribution >= 0.6 is 0 Å². The molecule has 0 radical (unpaired) electrons. The fourth-order valence-corrected chi connectivity index (χ4v) is 6.44. The lowest BCUT2D eigenvalue weighted by atomic mass is 10.1. The Kier molecular flexibility index (Phi) is 7.28. The molecule has 9 heteroatoms. The minimum absolute atomic E-state index is 0.00313. The normalized spacial score (nSPS) is 15.5. The van der Waals surface area contributed by atoms with Crippen molar-refractivity contribution in [2.75, 3.05) is 19.6 Å². The molecule has 0 atom stereocenters. The Morgan fingerprint density at radius 2 is 1.65 bits per heavy atom. The molecule has 0 bridgehead atoms. The highest BCUT2D eigenvalue weighted by molar-refractivity contribution is 7.89. The molecule has 0 N–H and O–H groups in total. The third-order valence-electron chi connectivity index (χ3n) is 5.16. The Morgan fingerprint density at radius 3 is 2.26 bits per heavy atom. The van der Waals surface area contributed by atoms with E-state index in [-0.39, 0.29) is 22.9 Å². The number of sulfonamides is 2. The third kappa shape index (κ3) is 5.22. The summed E-state index contributed by atoms with van der Waals surface area (Å²) in [7, 11) is -7.53. The second-order valence-corrected chi connectivity index (χ2v) is 11.2. The Morgan fingerprint density at radius 1 is 1.00 bits per heavy atom. The summed E-state index contributed by atoms with van der Waals surface area (Å²) in [6.07, 6.45) is 4.16. The van der Waals surface area contributed by atoms with Crippen molar-refractivity contribution >= 4 is 20.0 Å². The van der Waals surface area contributed by atoms with Gasteiger partial charge in [-0.15, -0.1) is 6.58 Å². The first kappa shape index (κ1) is 23.2. The van der Waals surface area contributed by atoms with Crippen molar-refractivity contribution in [2.24, 2.45) is 0 Å². The summed E-state index contributed by atoms with van der Waals surface area (Å²) in [4.78, 5) is 0.0914. The van der Waals surface area contributed by atoms with Gasteiger partial charge in [0, 0.05) is 26.2 Å². The number of nitrogens with zero attached hydrogens (tertiary/aromatic N) is 3. The minimum atomic E-state index is -3.90. The summed E-state index contributed by atoms with van der Waals surface area (Å²) >= 11 is 0. The van der Waals surface area contributed by atoms with Gasteiger partial charge in [-0.3, -0.25) is 0 Å². The quantitative estimate of drug-likeness (QED) is 0.565. The number of hydrogen-bond donors (Lipinski definition) is 0. The fourth-order valence-electron chi connectivity index (χ4n) is 3.52. The van der Waals surface area contributed by atoms with Gasteiger partial charge in [0.2, 0.25) is 20.0 Å². The SMILES string of the molecule is C=CCN(Cc1cccc(C#N)c1)S(=O)(=O)c1ccc(S(=O)(=O)N2CCCCC2)cc1. The molecule has 2 aromatic rings. The lowest BCUT2D eigenvalue weighted by Crippen LogP contribution is -2.35. The lowest BCUT2D eigenvalue weighted by Gasteiger charge is -2.26. The van der Waals surface area contributed by atoms with Gasteiger partial charge in [0.15, 0.2) is 0 Å². The van der Waals surface area contributed by atoms with Gasteiger partial charge in [-0.2, -0.15) is 13.9 Å².